The van der Waals surface area contributed by atoms with Crippen LogP contribution in [0.15, 0.2) is 61.1 Å². The Morgan fingerprint density at radius 1 is 1.10 bits per heavy atom. The third kappa shape index (κ3) is 3.69. The number of nitrogens with zero attached hydrogens (tertiary/aromatic N) is 3. The van der Waals surface area contributed by atoms with Gasteiger partial charge in [0.25, 0.3) is 5.91 Å². The number of alkyl halides is 3. The largest absolute Gasteiger partial charge is 0.417 e. The molecule has 4 rings (SSSR count). The molecule has 0 radical (unpaired) electrons. The summed E-state index contributed by atoms with van der Waals surface area (Å²) in [5, 5.41) is 2.63. The van der Waals surface area contributed by atoms with Crippen LogP contribution in [-0.2, 0) is 6.18 Å². The molecule has 1 aromatic carbocycles. The number of pyridine rings is 2. The molecule has 0 fully saturated rings. The highest BCUT2D eigenvalue weighted by molar-refractivity contribution is 6.04. The first-order valence-electron chi connectivity index (χ1n) is 8.91. The van der Waals surface area contributed by atoms with Gasteiger partial charge in [-0.15, -0.1) is 0 Å². The second kappa shape index (κ2) is 7.18. The van der Waals surface area contributed by atoms with Crippen molar-refractivity contribution < 1.29 is 18.0 Å². The minimum absolute atomic E-state index is 0.0269. The van der Waals surface area contributed by atoms with Gasteiger partial charge in [0.2, 0.25) is 0 Å². The first kappa shape index (κ1) is 19.4. The van der Waals surface area contributed by atoms with Crippen LogP contribution < -0.4 is 11.1 Å². The minimum atomic E-state index is -4.53. The van der Waals surface area contributed by atoms with Crippen molar-refractivity contribution in [3.05, 3.63) is 77.7 Å². The monoisotopic (exact) mass is 411 g/mol. The number of benzene rings is 1. The maximum atomic E-state index is 13.3. The van der Waals surface area contributed by atoms with Gasteiger partial charge in [-0.3, -0.25) is 4.79 Å². The summed E-state index contributed by atoms with van der Waals surface area (Å²) in [6.07, 6.45) is -0.740. The number of imidazole rings is 1. The number of nitrogens with one attached hydrogen (secondary N) is 1. The molecular weight excluding hydrogens is 395 g/mol. The zero-order valence-electron chi connectivity index (χ0n) is 15.7. The van der Waals surface area contributed by atoms with Gasteiger partial charge in [-0.05, 0) is 37.3 Å². The summed E-state index contributed by atoms with van der Waals surface area (Å²) in [6, 6.07) is 11.0. The van der Waals surface area contributed by atoms with E-state index in [1.165, 1.54) is 28.9 Å². The lowest BCUT2D eigenvalue weighted by molar-refractivity contribution is -0.137. The number of carbonyl (C=O) groups excluding carboxylic acids is 1. The molecule has 3 N–H and O–H groups in total. The average molecular weight is 411 g/mol. The van der Waals surface area contributed by atoms with Crippen LogP contribution in [0.4, 0.5) is 24.8 Å². The number of halogens is 3. The fraction of sp³-hybridized carbons (Fsp3) is 0.0952. The summed E-state index contributed by atoms with van der Waals surface area (Å²) in [7, 11) is 0. The Labute approximate surface area is 169 Å². The van der Waals surface area contributed by atoms with Gasteiger partial charge in [-0.25, -0.2) is 9.97 Å². The fourth-order valence-corrected chi connectivity index (χ4v) is 3.05. The highest BCUT2D eigenvalue weighted by Crippen LogP contribution is 2.35. The van der Waals surface area contributed by atoms with Gasteiger partial charge in [0, 0.05) is 35.3 Å². The summed E-state index contributed by atoms with van der Waals surface area (Å²) >= 11 is 0. The van der Waals surface area contributed by atoms with Crippen LogP contribution in [0.25, 0.3) is 16.8 Å². The van der Waals surface area contributed by atoms with E-state index in [1.54, 1.807) is 12.1 Å². The van der Waals surface area contributed by atoms with Crippen molar-refractivity contribution in [3.63, 3.8) is 0 Å². The Bertz CT molecular complexity index is 1250. The molecule has 152 valence electrons. The zero-order valence-corrected chi connectivity index (χ0v) is 15.7. The predicted octanol–water partition coefficient (Wildman–Crippen LogP) is 4.56. The summed E-state index contributed by atoms with van der Waals surface area (Å²) in [5.41, 5.74) is 7.44. The first-order chi connectivity index (χ1) is 14.2. The van der Waals surface area contributed by atoms with Gasteiger partial charge in [0.15, 0.2) is 0 Å². The van der Waals surface area contributed by atoms with E-state index in [2.05, 4.69) is 15.3 Å². The molecular formula is C21H16F3N5O. The summed E-state index contributed by atoms with van der Waals surface area (Å²) in [5.74, 6) is -0.210. The minimum Gasteiger partial charge on any atom is -0.383 e. The Kier molecular flexibility index (Phi) is 4.65. The smallest absolute Gasteiger partial charge is 0.383 e. The zero-order chi connectivity index (χ0) is 21.5. The van der Waals surface area contributed by atoms with Crippen molar-refractivity contribution in [1.82, 2.24) is 14.4 Å². The molecule has 4 aromatic rings. The first-order valence-corrected chi connectivity index (χ1v) is 8.91. The number of nitrogens with two attached hydrogens (primary N) is 1. The molecule has 0 aliphatic rings. The van der Waals surface area contributed by atoms with E-state index in [9.17, 15) is 18.0 Å². The molecule has 6 nitrogen and oxygen atoms in total. The number of hydrogen-bond acceptors (Lipinski definition) is 4. The lowest BCUT2D eigenvalue weighted by Crippen LogP contribution is -2.13. The standard InChI is InChI=1S/C21H16F3N5O/c1-12-2-4-13(5-3-12)20(30)28-17-7-6-15(18(25)27-17)16-10-14(21(22,23)24)11-29-9-8-26-19(16)29/h2-11H,1H3,(H3,25,27,28,30). The van der Waals surface area contributed by atoms with Crippen molar-refractivity contribution in [3.8, 4) is 11.1 Å². The predicted molar refractivity (Wildman–Crippen MR) is 107 cm³/mol. The second-order valence-corrected chi connectivity index (χ2v) is 6.75. The van der Waals surface area contributed by atoms with Gasteiger partial charge in [-0.2, -0.15) is 13.2 Å². The van der Waals surface area contributed by atoms with Crippen molar-refractivity contribution in [2.24, 2.45) is 0 Å². The van der Waals surface area contributed by atoms with Crippen LogP contribution >= 0.6 is 0 Å². The van der Waals surface area contributed by atoms with Crippen LogP contribution in [0, 0.1) is 6.92 Å². The molecule has 0 saturated heterocycles. The third-order valence-electron chi connectivity index (χ3n) is 4.59. The van der Waals surface area contributed by atoms with E-state index in [4.69, 9.17) is 5.73 Å². The van der Waals surface area contributed by atoms with Gasteiger partial charge in [0.1, 0.15) is 17.3 Å². The van der Waals surface area contributed by atoms with Crippen LogP contribution in [-0.4, -0.2) is 20.3 Å². The molecule has 3 aromatic heterocycles. The molecule has 0 aliphatic heterocycles. The number of anilines is 2. The number of carbonyl (C=O) groups is 1. The normalized spacial score (nSPS) is 11.6. The summed E-state index contributed by atoms with van der Waals surface area (Å²) in [6.45, 7) is 1.91. The highest BCUT2D eigenvalue weighted by atomic mass is 19.4. The lowest BCUT2D eigenvalue weighted by atomic mass is 10.1. The van der Waals surface area contributed by atoms with E-state index in [-0.39, 0.29) is 28.7 Å². The van der Waals surface area contributed by atoms with E-state index in [0.717, 1.165) is 17.8 Å². The van der Waals surface area contributed by atoms with E-state index >= 15 is 0 Å². The number of aromatic nitrogens is 3. The van der Waals surface area contributed by atoms with Gasteiger partial charge in [-0.1, -0.05) is 17.7 Å². The Morgan fingerprint density at radius 2 is 1.83 bits per heavy atom. The van der Waals surface area contributed by atoms with Gasteiger partial charge in [0.05, 0.1) is 5.56 Å². The SMILES string of the molecule is Cc1ccc(C(=O)Nc2ccc(-c3cc(C(F)(F)F)cn4ccnc34)c(N)n2)cc1. The summed E-state index contributed by atoms with van der Waals surface area (Å²) < 4.78 is 41.1. The number of hydrogen-bond donors (Lipinski definition) is 2. The van der Waals surface area contributed by atoms with E-state index < -0.39 is 11.7 Å². The molecule has 9 heteroatoms. The van der Waals surface area contributed by atoms with Crippen LogP contribution in [0.5, 0.6) is 0 Å². The lowest BCUT2D eigenvalue weighted by Gasteiger charge is -2.13. The van der Waals surface area contributed by atoms with Crippen LogP contribution in [0.1, 0.15) is 21.5 Å². The summed E-state index contributed by atoms with van der Waals surface area (Å²) in [4.78, 5) is 20.6. The maximum absolute atomic E-state index is 13.3. The molecule has 0 atom stereocenters. The van der Waals surface area contributed by atoms with E-state index in [1.807, 2.05) is 19.1 Å². The molecule has 0 spiro atoms. The molecule has 30 heavy (non-hydrogen) atoms. The number of rotatable bonds is 3. The molecule has 3 heterocycles. The second-order valence-electron chi connectivity index (χ2n) is 6.75. The van der Waals surface area contributed by atoms with Crippen molar-refractivity contribution in [2.75, 3.05) is 11.1 Å². The van der Waals surface area contributed by atoms with Gasteiger partial charge < -0.3 is 15.5 Å². The third-order valence-corrected chi connectivity index (χ3v) is 4.59. The maximum Gasteiger partial charge on any atom is 0.417 e. The number of fused-ring (bicyclic) bond motifs is 1. The van der Waals surface area contributed by atoms with Crippen LogP contribution in [0.3, 0.4) is 0 Å². The van der Waals surface area contributed by atoms with Gasteiger partial charge >= 0.3 is 6.18 Å². The molecule has 0 bridgehead atoms. The van der Waals surface area contributed by atoms with Crippen molar-refractivity contribution in [1.29, 1.82) is 0 Å². The fourth-order valence-electron chi connectivity index (χ4n) is 3.05. The highest BCUT2D eigenvalue weighted by Gasteiger charge is 2.32. The Balaban J connectivity index is 1.69. The number of amides is 1. The van der Waals surface area contributed by atoms with E-state index in [0.29, 0.717) is 11.2 Å². The number of aryl methyl sites for hydroxylation is 1. The Hall–Kier alpha value is -3.88. The van der Waals surface area contributed by atoms with Crippen molar-refractivity contribution >= 4 is 23.2 Å². The average Bonchev–Trinajstić information content (AvgIpc) is 3.16. The number of nitrogen functional groups attached to an aromatic ring is 1. The van der Waals surface area contributed by atoms with Crippen LogP contribution in [0.2, 0.25) is 0 Å². The molecule has 0 saturated carbocycles. The topological polar surface area (TPSA) is 85.3 Å². The molecule has 0 unspecified atom stereocenters. The molecule has 0 aliphatic carbocycles. The van der Waals surface area contributed by atoms with Crippen molar-refractivity contribution in [2.45, 2.75) is 13.1 Å². The quantitative estimate of drug-likeness (QED) is 0.518. The molecule has 1 amide bonds. The Morgan fingerprint density at radius 3 is 2.50 bits per heavy atom.